The Kier molecular flexibility index (Phi) is 7.77. The summed E-state index contributed by atoms with van der Waals surface area (Å²) in [7, 11) is 2.92. The molecule has 1 fully saturated rings. The number of rotatable bonds is 10. The Balaban J connectivity index is 2.23. The molecule has 0 spiro atoms. The molecule has 1 atom stereocenters. The van der Waals surface area contributed by atoms with Crippen LogP contribution in [-0.2, 0) is 9.59 Å². The number of Topliss-reactive ketones (excluding diaryl/α,β-unsaturated/α-hetero) is 1. The number of amides is 1. The van der Waals surface area contributed by atoms with Crippen molar-refractivity contribution in [3.63, 3.8) is 0 Å². The Bertz CT molecular complexity index is 1050. The SMILES string of the molecule is C=CCOc1cccc(C2/C(=C(\O)c3c(OC)cccc3OC)C(=O)C(=O)N2CCCC)c1. The fourth-order valence-corrected chi connectivity index (χ4v) is 3.93. The summed E-state index contributed by atoms with van der Waals surface area (Å²) in [6, 6.07) is 11.4. The molecule has 1 unspecified atom stereocenters. The molecular weight excluding hydrogens is 422 g/mol. The first-order valence-electron chi connectivity index (χ1n) is 10.8. The van der Waals surface area contributed by atoms with Crippen LogP contribution in [0.3, 0.4) is 0 Å². The summed E-state index contributed by atoms with van der Waals surface area (Å²) in [5, 5.41) is 11.4. The molecule has 3 rings (SSSR count). The number of carbonyl (C=O) groups excluding carboxylic acids is 2. The second-order valence-corrected chi connectivity index (χ2v) is 7.56. The largest absolute Gasteiger partial charge is 0.506 e. The van der Waals surface area contributed by atoms with Gasteiger partial charge in [0.1, 0.15) is 35.2 Å². The Hall–Kier alpha value is -3.74. The van der Waals surface area contributed by atoms with E-state index in [9.17, 15) is 14.7 Å². The normalized spacial score (nSPS) is 17.2. The third kappa shape index (κ3) is 4.72. The fraction of sp³-hybridized carbons (Fsp3) is 0.308. The number of aliphatic hydroxyl groups excluding tert-OH is 1. The van der Waals surface area contributed by atoms with Crippen molar-refractivity contribution in [2.45, 2.75) is 25.8 Å². The smallest absolute Gasteiger partial charge is 0.295 e. The van der Waals surface area contributed by atoms with Crippen LogP contribution in [0.5, 0.6) is 17.2 Å². The lowest BCUT2D eigenvalue weighted by atomic mass is 9.94. The molecule has 0 saturated carbocycles. The zero-order valence-electron chi connectivity index (χ0n) is 19.2. The van der Waals surface area contributed by atoms with Gasteiger partial charge in [-0.3, -0.25) is 9.59 Å². The second kappa shape index (κ2) is 10.7. The van der Waals surface area contributed by atoms with Gasteiger partial charge in [-0.15, -0.1) is 0 Å². The number of aliphatic hydroxyl groups is 1. The lowest BCUT2D eigenvalue weighted by Crippen LogP contribution is -2.30. The van der Waals surface area contributed by atoms with Crippen LogP contribution in [0.2, 0.25) is 0 Å². The first-order chi connectivity index (χ1) is 16.0. The zero-order chi connectivity index (χ0) is 24.0. The van der Waals surface area contributed by atoms with Gasteiger partial charge < -0.3 is 24.2 Å². The lowest BCUT2D eigenvalue weighted by molar-refractivity contribution is -0.139. The van der Waals surface area contributed by atoms with Crippen molar-refractivity contribution >= 4 is 17.4 Å². The summed E-state index contributed by atoms with van der Waals surface area (Å²) in [5.41, 5.74) is 0.863. The van der Waals surface area contributed by atoms with Gasteiger partial charge in [0.05, 0.1) is 25.8 Å². The highest BCUT2D eigenvalue weighted by Crippen LogP contribution is 2.43. The van der Waals surface area contributed by atoms with Crippen LogP contribution >= 0.6 is 0 Å². The van der Waals surface area contributed by atoms with E-state index < -0.39 is 17.7 Å². The number of benzene rings is 2. The summed E-state index contributed by atoms with van der Waals surface area (Å²) in [5.74, 6) is -0.519. The van der Waals surface area contributed by atoms with Crippen LogP contribution in [0.15, 0.2) is 60.7 Å². The molecule has 7 nitrogen and oxygen atoms in total. The molecule has 1 aliphatic rings. The highest BCUT2D eigenvalue weighted by atomic mass is 16.5. The number of hydrogen-bond donors (Lipinski definition) is 1. The van der Waals surface area contributed by atoms with Crippen LogP contribution in [-0.4, -0.2) is 49.1 Å². The average Bonchev–Trinajstić information content (AvgIpc) is 3.10. The predicted octanol–water partition coefficient (Wildman–Crippen LogP) is 4.49. The molecule has 0 aromatic heterocycles. The van der Waals surface area contributed by atoms with E-state index in [1.54, 1.807) is 42.5 Å². The molecule has 1 amide bonds. The minimum absolute atomic E-state index is 0.0141. The summed E-state index contributed by atoms with van der Waals surface area (Å²) in [4.78, 5) is 27.7. The molecule has 1 N–H and O–H groups in total. The van der Waals surface area contributed by atoms with Gasteiger partial charge in [0.15, 0.2) is 0 Å². The summed E-state index contributed by atoms with van der Waals surface area (Å²) >= 11 is 0. The van der Waals surface area contributed by atoms with Crippen molar-refractivity contribution in [2.24, 2.45) is 0 Å². The number of likely N-dealkylation sites (tertiary alicyclic amines) is 1. The van der Waals surface area contributed by atoms with Crippen molar-refractivity contribution in [3.8, 4) is 17.2 Å². The Labute approximate surface area is 193 Å². The van der Waals surface area contributed by atoms with E-state index in [0.717, 1.165) is 6.42 Å². The van der Waals surface area contributed by atoms with Crippen molar-refractivity contribution in [2.75, 3.05) is 27.4 Å². The maximum Gasteiger partial charge on any atom is 0.295 e. The van der Waals surface area contributed by atoms with E-state index in [2.05, 4.69) is 6.58 Å². The lowest BCUT2D eigenvalue weighted by Gasteiger charge is -2.26. The van der Waals surface area contributed by atoms with E-state index in [1.165, 1.54) is 19.1 Å². The second-order valence-electron chi connectivity index (χ2n) is 7.56. The van der Waals surface area contributed by atoms with E-state index in [-0.39, 0.29) is 16.9 Å². The quantitative estimate of drug-likeness (QED) is 0.248. The monoisotopic (exact) mass is 451 g/mol. The third-order valence-corrected chi connectivity index (χ3v) is 5.50. The van der Waals surface area contributed by atoms with Crippen LogP contribution < -0.4 is 14.2 Å². The molecule has 0 bridgehead atoms. The summed E-state index contributed by atoms with van der Waals surface area (Å²) in [6.45, 7) is 6.36. The van der Waals surface area contributed by atoms with Gasteiger partial charge in [-0.05, 0) is 36.2 Å². The van der Waals surface area contributed by atoms with Gasteiger partial charge in [0, 0.05) is 6.54 Å². The van der Waals surface area contributed by atoms with Gasteiger partial charge >= 0.3 is 0 Å². The van der Waals surface area contributed by atoms with Crippen molar-refractivity contribution in [3.05, 3.63) is 71.8 Å². The van der Waals surface area contributed by atoms with Gasteiger partial charge in [-0.2, -0.15) is 0 Å². The van der Waals surface area contributed by atoms with Crippen LogP contribution in [0.25, 0.3) is 5.76 Å². The Morgan fingerprint density at radius 2 is 1.79 bits per heavy atom. The third-order valence-electron chi connectivity index (χ3n) is 5.50. The molecule has 33 heavy (non-hydrogen) atoms. The topological polar surface area (TPSA) is 85.3 Å². The molecule has 2 aromatic rings. The number of hydrogen-bond acceptors (Lipinski definition) is 6. The molecule has 1 aliphatic heterocycles. The average molecular weight is 452 g/mol. The maximum absolute atomic E-state index is 13.2. The molecule has 2 aromatic carbocycles. The number of nitrogens with zero attached hydrogens (tertiary/aromatic N) is 1. The minimum atomic E-state index is -0.779. The highest BCUT2D eigenvalue weighted by Gasteiger charge is 2.46. The highest BCUT2D eigenvalue weighted by molar-refractivity contribution is 6.46. The maximum atomic E-state index is 13.2. The van der Waals surface area contributed by atoms with Crippen LogP contribution in [0, 0.1) is 0 Å². The molecule has 174 valence electrons. The zero-order valence-corrected chi connectivity index (χ0v) is 19.2. The number of unbranched alkanes of at least 4 members (excludes halogenated alkanes) is 1. The van der Waals surface area contributed by atoms with Crippen LogP contribution in [0.1, 0.15) is 36.9 Å². The first kappa shape index (κ1) is 23.9. The van der Waals surface area contributed by atoms with Crippen molar-refractivity contribution < 1.29 is 28.9 Å². The molecule has 0 radical (unpaired) electrons. The number of carbonyl (C=O) groups is 2. The number of ketones is 1. The summed E-state index contributed by atoms with van der Waals surface area (Å²) < 4.78 is 16.5. The number of methoxy groups -OCH3 is 2. The van der Waals surface area contributed by atoms with E-state index >= 15 is 0 Å². The van der Waals surface area contributed by atoms with Gasteiger partial charge in [0.25, 0.3) is 11.7 Å². The minimum Gasteiger partial charge on any atom is -0.506 e. The van der Waals surface area contributed by atoms with Crippen LogP contribution in [0.4, 0.5) is 0 Å². The van der Waals surface area contributed by atoms with Crippen molar-refractivity contribution in [1.82, 2.24) is 4.90 Å². The Morgan fingerprint density at radius 3 is 2.39 bits per heavy atom. The first-order valence-corrected chi connectivity index (χ1v) is 10.8. The fourth-order valence-electron chi connectivity index (χ4n) is 3.93. The molecule has 1 heterocycles. The van der Waals surface area contributed by atoms with E-state index in [4.69, 9.17) is 14.2 Å². The molecule has 7 heteroatoms. The van der Waals surface area contributed by atoms with E-state index in [0.29, 0.717) is 42.4 Å². The van der Waals surface area contributed by atoms with Gasteiger partial charge in [-0.1, -0.05) is 44.2 Å². The molecule has 1 saturated heterocycles. The Morgan fingerprint density at radius 1 is 1.12 bits per heavy atom. The standard InChI is InChI=1S/C26H29NO6/c1-5-7-14-27-23(17-10-8-11-18(16-17)33-15-6-2)22(25(29)26(27)30)24(28)21-19(31-3)12-9-13-20(21)32-4/h6,8-13,16,23,28H,2,5,7,14-15H2,1,3-4H3/b24-22+. The van der Waals surface area contributed by atoms with Crippen molar-refractivity contribution in [1.29, 1.82) is 0 Å². The van der Waals surface area contributed by atoms with E-state index in [1.807, 2.05) is 13.0 Å². The van der Waals surface area contributed by atoms with Gasteiger partial charge in [-0.25, -0.2) is 0 Å². The molecular formula is C26H29NO6. The predicted molar refractivity (Wildman–Crippen MR) is 126 cm³/mol. The van der Waals surface area contributed by atoms with Gasteiger partial charge in [0.2, 0.25) is 0 Å². The number of ether oxygens (including phenoxy) is 3. The summed E-state index contributed by atoms with van der Waals surface area (Å²) in [6.07, 6.45) is 3.20. The molecule has 0 aliphatic carbocycles.